The van der Waals surface area contributed by atoms with Crippen molar-refractivity contribution in [2.45, 2.75) is 64.6 Å². The van der Waals surface area contributed by atoms with Gasteiger partial charge in [0.25, 0.3) is 0 Å². The van der Waals surface area contributed by atoms with E-state index < -0.39 is 0 Å². The average molecular weight is 346 g/mol. The number of amides is 1. The maximum absolute atomic E-state index is 12.7. The number of rotatable bonds is 5. The van der Waals surface area contributed by atoms with Gasteiger partial charge in [-0.25, -0.2) is 4.98 Å². The van der Waals surface area contributed by atoms with Gasteiger partial charge in [-0.3, -0.25) is 9.69 Å². The SMILES string of the molecule is CCC(C)(C)NC(=O)C(C)N1CCCC1c1nc2ccccc2s1. The molecule has 0 spiro atoms. The molecule has 1 N–H and O–H groups in total. The van der Waals surface area contributed by atoms with Gasteiger partial charge < -0.3 is 5.32 Å². The molecule has 24 heavy (non-hydrogen) atoms. The van der Waals surface area contributed by atoms with Crippen LogP contribution in [0.5, 0.6) is 0 Å². The predicted octanol–water partition coefficient (Wildman–Crippen LogP) is 4.13. The fourth-order valence-electron chi connectivity index (χ4n) is 3.23. The van der Waals surface area contributed by atoms with Gasteiger partial charge in [-0.05, 0) is 58.7 Å². The van der Waals surface area contributed by atoms with E-state index in [1.54, 1.807) is 11.3 Å². The van der Waals surface area contributed by atoms with Crippen molar-refractivity contribution in [3.63, 3.8) is 0 Å². The molecule has 2 aromatic rings. The summed E-state index contributed by atoms with van der Waals surface area (Å²) in [4.78, 5) is 19.8. The van der Waals surface area contributed by atoms with Gasteiger partial charge in [-0.2, -0.15) is 0 Å². The van der Waals surface area contributed by atoms with Crippen LogP contribution in [0.3, 0.4) is 0 Å². The van der Waals surface area contributed by atoms with E-state index in [2.05, 4.69) is 49.2 Å². The number of carbonyl (C=O) groups excluding carboxylic acids is 1. The van der Waals surface area contributed by atoms with E-state index in [1.165, 1.54) is 4.70 Å². The minimum atomic E-state index is -0.156. The second-order valence-electron chi connectivity index (χ2n) is 7.32. The highest BCUT2D eigenvalue weighted by Crippen LogP contribution is 2.37. The lowest BCUT2D eigenvalue weighted by Crippen LogP contribution is -2.51. The van der Waals surface area contributed by atoms with Crippen molar-refractivity contribution in [2.75, 3.05) is 6.54 Å². The van der Waals surface area contributed by atoms with Crippen molar-refractivity contribution >= 4 is 27.5 Å². The van der Waals surface area contributed by atoms with Gasteiger partial charge in [0, 0.05) is 5.54 Å². The molecule has 1 aliphatic rings. The minimum Gasteiger partial charge on any atom is -0.350 e. The van der Waals surface area contributed by atoms with E-state index in [9.17, 15) is 4.79 Å². The van der Waals surface area contributed by atoms with Crippen molar-refractivity contribution < 1.29 is 4.79 Å². The first-order valence-corrected chi connectivity index (χ1v) is 9.66. The van der Waals surface area contributed by atoms with Gasteiger partial charge >= 0.3 is 0 Å². The Morgan fingerprint density at radius 1 is 1.46 bits per heavy atom. The molecule has 2 atom stereocenters. The van der Waals surface area contributed by atoms with Crippen LogP contribution in [0.4, 0.5) is 0 Å². The van der Waals surface area contributed by atoms with Crippen LogP contribution in [0.1, 0.15) is 58.0 Å². The molecule has 0 bridgehead atoms. The second-order valence-corrected chi connectivity index (χ2v) is 8.38. The van der Waals surface area contributed by atoms with E-state index in [-0.39, 0.29) is 23.5 Å². The van der Waals surface area contributed by atoms with Crippen LogP contribution in [-0.4, -0.2) is 33.9 Å². The molecule has 2 heterocycles. The molecule has 0 radical (unpaired) electrons. The third-order valence-corrected chi connectivity index (χ3v) is 6.25. The number of hydrogen-bond donors (Lipinski definition) is 1. The quantitative estimate of drug-likeness (QED) is 0.886. The van der Waals surface area contributed by atoms with Gasteiger partial charge in [-0.15, -0.1) is 11.3 Å². The summed E-state index contributed by atoms with van der Waals surface area (Å²) in [5.74, 6) is 0.120. The fourth-order valence-corrected chi connectivity index (χ4v) is 4.35. The molecular formula is C19H27N3OS. The Hall–Kier alpha value is -1.46. The van der Waals surface area contributed by atoms with Crippen molar-refractivity contribution in [3.8, 4) is 0 Å². The third-order valence-electron chi connectivity index (χ3n) is 5.11. The van der Waals surface area contributed by atoms with Crippen LogP contribution in [0.15, 0.2) is 24.3 Å². The number of nitrogens with one attached hydrogen (secondary N) is 1. The minimum absolute atomic E-state index is 0.120. The fraction of sp³-hybridized carbons (Fsp3) is 0.579. The van der Waals surface area contributed by atoms with E-state index >= 15 is 0 Å². The number of benzene rings is 1. The van der Waals surface area contributed by atoms with Crippen LogP contribution < -0.4 is 5.32 Å². The second kappa shape index (κ2) is 6.81. The number of hydrogen-bond acceptors (Lipinski definition) is 4. The summed E-state index contributed by atoms with van der Waals surface area (Å²) in [7, 11) is 0. The molecule has 5 heteroatoms. The zero-order valence-corrected chi connectivity index (χ0v) is 15.8. The zero-order chi connectivity index (χ0) is 17.3. The number of para-hydroxylation sites is 1. The van der Waals surface area contributed by atoms with Crippen LogP contribution in [0.2, 0.25) is 0 Å². The van der Waals surface area contributed by atoms with Gasteiger partial charge in [0.1, 0.15) is 5.01 Å². The molecule has 130 valence electrons. The first-order chi connectivity index (χ1) is 11.4. The Balaban J connectivity index is 1.78. The summed E-state index contributed by atoms with van der Waals surface area (Å²) in [5, 5.41) is 4.33. The molecule has 1 amide bonds. The van der Waals surface area contributed by atoms with Gasteiger partial charge in [0.05, 0.1) is 22.3 Å². The lowest BCUT2D eigenvalue weighted by molar-refractivity contribution is -0.128. The molecule has 0 aliphatic carbocycles. The first kappa shape index (κ1) is 17.4. The summed E-state index contributed by atoms with van der Waals surface area (Å²) in [6.45, 7) is 9.23. The normalized spacial score (nSPS) is 20.4. The molecule has 2 unspecified atom stereocenters. The largest absolute Gasteiger partial charge is 0.350 e. The summed E-state index contributed by atoms with van der Waals surface area (Å²) in [6, 6.07) is 8.40. The lowest BCUT2D eigenvalue weighted by Gasteiger charge is -2.32. The van der Waals surface area contributed by atoms with Crippen molar-refractivity contribution in [2.24, 2.45) is 0 Å². The molecule has 1 fully saturated rings. The number of aromatic nitrogens is 1. The molecular weight excluding hydrogens is 318 g/mol. The number of likely N-dealkylation sites (tertiary alicyclic amines) is 1. The highest BCUT2D eigenvalue weighted by Gasteiger charge is 2.35. The molecule has 1 aliphatic heterocycles. The molecule has 1 aromatic heterocycles. The maximum Gasteiger partial charge on any atom is 0.237 e. The predicted molar refractivity (Wildman–Crippen MR) is 100 cm³/mol. The third kappa shape index (κ3) is 3.47. The van der Waals surface area contributed by atoms with Crippen LogP contribution in [0, 0.1) is 0 Å². The summed E-state index contributed by atoms with van der Waals surface area (Å²) < 4.78 is 1.23. The number of carbonyl (C=O) groups is 1. The molecule has 0 saturated carbocycles. The Morgan fingerprint density at radius 2 is 2.21 bits per heavy atom. The smallest absolute Gasteiger partial charge is 0.237 e. The Morgan fingerprint density at radius 3 is 2.92 bits per heavy atom. The summed E-state index contributed by atoms with van der Waals surface area (Å²) >= 11 is 1.76. The maximum atomic E-state index is 12.7. The molecule has 4 nitrogen and oxygen atoms in total. The number of thiazole rings is 1. The Labute approximate surface area is 148 Å². The first-order valence-electron chi connectivity index (χ1n) is 8.84. The van der Waals surface area contributed by atoms with E-state index in [1.807, 2.05) is 13.0 Å². The van der Waals surface area contributed by atoms with Crippen molar-refractivity contribution in [1.82, 2.24) is 15.2 Å². The highest BCUT2D eigenvalue weighted by molar-refractivity contribution is 7.18. The lowest BCUT2D eigenvalue weighted by atomic mass is 10.0. The monoisotopic (exact) mass is 345 g/mol. The molecule has 3 rings (SSSR count). The summed E-state index contributed by atoms with van der Waals surface area (Å²) in [6.07, 6.45) is 3.12. The van der Waals surface area contributed by atoms with Gasteiger partial charge in [0.2, 0.25) is 5.91 Å². The topological polar surface area (TPSA) is 45.2 Å². The van der Waals surface area contributed by atoms with Crippen molar-refractivity contribution in [1.29, 1.82) is 0 Å². The van der Waals surface area contributed by atoms with Gasteiger partial charge in [0.15, 0.2) is 0 Å². The van der Waals surface area contributed by atoms with Crippen molar-refractivity contribution in [3.05, 3.63) is 29.3 Å². The van der Waals surface area contributed by atoms with Crippen LogP contribution in [0.25, 0.3) is 10.2 Å². The zero-order valence-electron chi connectivity index (χ0n) is 15.0. The van der Waals surface area contributed by atoms with E-state index in [0.717, 1.165) is 36.3 Å². The van der Waals surface area contributed by atoms with Gasteiger partial charge in [-0.1, -0.05) is 19.1 Å². The van der Waals surface area contributed by atoms with Crippen LogP contribution >= 0.6 is 11.3 Å². The van der Waals surface area contributed by atoms with E-state index in [0.29, 0.717) is 0 Å². The van der Waals surface area contributed by atoms with E-state index in [4.69, 9.17) is 4.98 Å². The Bertz CT molecular complexity index is 691. The summed E-state index contributed by atoms with van der Waals surface area (Å²) in [5.41, 5.74) is 0.907. The molecule has 1 aromatic carbocycles. The highest BCUT2D eigenvalue weighted by atomic mass is 32.1. The standard InChI is InChI=1S/C19H27N3OS/c1-5-19(3,4)21-17(23)13(2)22-12-8-10-15(22)18-20-14-9-6-7-11-16(14)24-18/h6-7,9,11,13,15H,5,8,10,12H2,1-4H3,(H,21,23). The average Bonchev–Trinajstić information content (AvgIpc) is 3.19. The number of fused-ring (bicyclic) bond motifs is 1. The van der Waals surface area contributed by atoms with Crippen LogP contribution in [-0.2, 0) is 4.79 Å². The molecule has 1 saturated heterocycles. The number of nitrogens with zero attached hydrogens (tertiary/aromatic N) is 2. The Kier molecular flexibility index (Phi) is 4.92.